The number of ether oxygens (including phenoxy) is 2. The Bertz CT molecular complexity index is 645. The first-order valence-corrected chi connectivity index (χ1v) is 6.49. The molecule has 1 fully saturated rings. The monoisotopic (exact) mass is 274 g/mol. The van der Waals surface area contributed by atoms with Crippen molar-refractivity contribution in [1.29, 1.82) is 0 Å². The SMILES string of the molecule is Cc1nc(C2(C)OCCO2)cn1-c1ccc(N)c(N)c1. The molecule has 2 heterocycles. The minimum atomic E-state index is -0.768. The second-order valence-electron chi connectivity index (χ2n) is 5.00. The third kappa shape index (κ3) is 2.03. The molecule has 0 bridgehead atoms. The molecule has 1 aromatic heterocycles. The number of aryl methyl sites for hydroxylation is 1. The quantitative estimate of drug-likeness (QED) is 0.811. The van der Waals surface area contributed by atoms with Gasteiger partial charge in [-0.25, -0.2) is 4.98 Å². The maximum absolute atomic E-state index is 5.85. The maximum atomic E-state index is 5.85. The Morgan fingerprint density at radius 1 is 1.20 bits per heavy atom. The smallest absolute Gasteiger partial charge is 0.211 e. The molecule has 0 radical (unpaired) electrons. The van der Waals surface area contributed by atoms with Gasteiger partial charge in [-0.2, -0.15) is 0 Å². The molecule has 0 atom stereocenters. The van der Waals surface area contributed by atoms with Crippen molar-refractivity contribution >= 4 is 11.4 Å². The first-order valence-electron chi connectivity index (χ1n) is 6.49. The van der Waals surface area contributed by atoms with E-state index in [0.29, 0.717) is 24.6 Å². The fourth-order valence-corrected chi connectivity index (χ4v) is 2.33. The summed E-state index contributed by atoms with van der Waals surface area (Å²) >= 11 is 0. The number of nitrogen functional groups attached to an aromatic ring is 2. The van der Waals surface area contributed by atoms with Crippen molar-refractivity contribution in [3.05, 3.63) is 35.9 Å². The van der Waals surface area contributed by atoms with Gasteiger partial charge in [0.25, 0.3) is 0 Å². The lowest BCUT2D eigenvalue weighted by atomic mass is 10.2. The van der Waals surface area contributed by atoms with E-state index in [2.05, 4.69) is 4.98 Å². The van der Waals surface area contributed by atoms with Gasteiger partial charge in [-0.3, -0.25) is 0 Å². The number of hydrogen-bond donors (Lipinski definition) is 2. The summed E-state index contributed by atoms with van der Waals surface area (Å²) in [4.78, 5) is 4.53. The van der Waals surface area contributed by atoms with Gasteiger partial charge in [-0.05, 0) is 32.0 Å². The van der Waals surface area contributed by atoms with E-state index in [1.165, 1.54) is 0 Å². The predicted molar refractivity (Wildman–Crippen MR) is 76.4 cm³/mol. The summed E-state index contributed by atoms with van der Waals surface area (Å²) in [6.07, 6.45) is 1.91. The van der Waals surface area contributed by atoms with Crippen molar-refractivity contribution < 1.29 is 9.47 Å². The van der Waals surface area contributed by atoms with Crippen LogP contribution in [0.1, 0.15) is 18.4 Å². The molecule has 4 N–H and O–H groups in total. The molecule has 20 heavy (non-hydrogen) atoms. The zero-order valence-electron chi connectivity index (χ0n) is 11.6. The number of rotatable bonds is 2. The highest BCUT2D eigenvalue weighted by Crippen LogP contribution is 2.31. The molecule has 0 unspecified atom stereocenters. The molecule has 0 saturated carbocycles. The van der Waals surface area contributed by atoms with Crippen LogP contribution in [0.4, 0.5) is 11.4 Å². The lowest BCUT2D eigenvalue weighted by Gasteiger charge is -2.19. The Hall–Kier alpha value is -2.05. The number of imidazole rings is 1. The van der Waals surface area contributed by atoms with E-state index in [0.717, 1.165) is 17.2 Å². The van der Waals surface area contributed by atoms with Crippen molar-refractivity contribution in [2.75, 3.05) is 24.7 Å². The number of anilines is 2. The molecule has 1 aliphatic heterocycles. The minimum absolute atomic E-state index is 0.553. The maximum Gasteiger partial charge on any atom is 0.211 e. The van der Waals surface area contributed by atoms with Crippen molar-refractivity contribution in [3.8, 4) is 5.69 Å². The lowest BCUT2D eigenvalue weighted by Crippen LogP contribution is -2.22. The van der Waals surface area contributed by atoms with E-state index < -0.39 is 5.79 Å². The Morgan fingerprint density at radius 2 is 1.90 bits per heavy atom. The number of nitrogens with two attached hydrogens (primary N) is 2. The number of nitrogens with zero attached hydrogens (tertiary/aromatic N) is 2. The largest absolute Gasteiger partial charge is 0.397 e. The van der Waals surface area contributed by atoms with Gasteiger partial charge >= 0.3 is 0 Å². The van der Waals surface area contributed by atoms with Gasteiger partial charge in [-0.1, -0.05) is 0 Å². The van der Waals surface area contributed by atoms with Gasteiger partial charge < -0.3 is 25.5 Å². The zero-order chi connectivity index (χ0) is 14.3. The Kier molecular flexibility index (Phi) is 2.92. The van der Waals surface area contributed by atoms with Gasteiger partial charge in [0, 0.05) is 11.9 Å². The third-order valence-corrected chi connectivity index (χ3v) is 3.53. The van der Waals surface area contributed by atoms with Crippen LogP contribution in [0.3, 0.4) is 0 Å². The van der Waals surface area contributed by atoms with Crippen LogP contribution in [0.2, 0.25) is 0 Å². The summed E-state index contributed by atoms with van der Waals surface area (Å²) in [5.41, 5.74) is 14.4. The summed E-state index contributed by atoms with van der Waals surface area (Å²) in [5, 5.41) is 0. The van der Waals surface area contributed by atoms with E-state index in [-0.39, 0.29) is 0 Å². The Balaban J connectivity index is 2.02. The van der Waals surface area contributed by atoms with E-state index >= 15 is 0 Å². The summed E-state index contributed by atoms with van der Waals surface area (Å²) in [7, 11) is 0. The molecule has 6 nitrogen and oxygen atoms in total. The highest BCUT2D eigenvalue weighted by atomic mass is 16.7. The molecule has 1 saturated heterocycles. The van der Waals surface area contributed by atoms with Crippen LogP contribution < -0.4 is 11.5 Å². The molecule has 1 aromatic carbocycles. The average Bonchev–Trinajstić information content (AvgIpc) is 3.00. The fourth-order valence-electron chi connectivity index (χ4n) is 2.33. The highest BCUT2D eigenvalue weighted by Gasteiger charge is 2.36. The van der Waals surface area contributed by atoms with Gasteiger partial charge in [0.1, 0.15) is 11.5 Å². The second-order valence-corrected chi connectivity index (χ2v) is 5.00. The molecule has 6 heteroatoms. The highest BCUT2D eigenvalue weighted by molar-refractivity contribution is 5.66. The van der Waals surface area contributed by atoms with Crippen LogP contribution >= 0.6 is 0 Å². The molecule has 1 aliphatic rings. The van der Waals surface area contributed by atoms with E-state index in [1.807, 2.05) is 36.7 Å². The van der Waals surface area contributed by atoms with E-state index in [1.54, 1.807) is 6.07 Å². The summed E-state index contributed by atoms with van der Waals surface area (Å²) in [6, 6.07) is 5.52. The van der Waals surface area contributed by atoms with Crippen molar-refractivity contribution in [2.45, 2.75) is 19.6 Å². The van der Waals surface area contributed by atoms with Crippen LogP contribution in [-0.2, 0) is 15.3 Å². The van der Waals surface area contributed by atoms with Crippen LogP contribution in [0, 0.1) is 6.92 Å². The molecular formula is C14H18N4O2. The minimum Gasteiger partial charge on any atom is -0.397 e. The van der Waals surface area contributed by atoms with Crippen molar-refractivity contribution in [3.63, 3.8) is 0 Å². The number of aromatic nitrogens is 2. The number of benzene rings is 1. The van der Waals surface area contributed by atoms with Gasteiger partial charge in [0.05, 0.1) is 24.6 Å². The molecule has 2 aromatic rings. The van der Waals surface area contributed by atoms with Crippen LogP contribution in [0.15, 0.2) is 24.4 Å². The molecule has 0 aliphatic carbocycles. The second kappa shape index (κ2) is 4.50. The number of hydrogen-bond acceptors (Lipinski definition) is 5. The molecule has 3 rings (SSSR count). The van der Waals surface area contributed by atoms with Crippen LogP contribution in [0.5, 0.6) is 0 Å². The third-order valence-electron chi connectivity index (χ3n) is 3.53. The van der Waals surface area contributed by atoms with E-state index in [4.69, 9.17) is 20.9 Å². The van der Waals surface area contributed by atoms with Crippen molar-refractivity contribution in [1.82, 2.24) is 9.55 Å². The molecule has 0 spiro atoms. The van der Waals surface area contributed by atoms with Gasteiger partial charge in [0.15, 0.2) is 0 Å². The van der Waals surface area contributed by atoms with Crippen LogP contribution in [0.25, 0.3) is 5.69 Å². The predicted octanol–water partition coefficient (Wildman–Crippen LogP) is 1.56. The summed E-state index contributed by atoms with van der Waals surface area (Å²) in [5.74, 6) is 0.0690. The summed E-state index contributed by atoms with van der Waals surface area (Å²) in [6.45, 7) is 4.96. The van der Waals surface area contributed by atoms with Gasteiger partial charge in [0.2, 0.25) is 5.79 Å². The van der Waals surface area contributed by atoms with Gasteiger partial charge in [-0.15, -0.1) is 0 Å². The first kappa shape index (κ1) is 13.0. The van der Waals surface area contributed by atoms with Crippen molar-refractivity contribution in [2.24, 2.45) is 0 Å². The molecule has 106 valence electrons. The Labute approximate surface area is 117 Å². The lowest BCUT2D eigenvalue weighted by molar-refractivity contribution is -0.152. The molecular weight excluding hydrogens is 256 g/mol. The summed E-state index contributed by atoms with van der Waals surface area (Å²) < 4.78 is 13.2. The fraction of sp³-hybridized carbons (Fsp3) is 0.357. The topological polar surface area (TPSA) is 88.3 Å². The first-order chi connectivity index (χ1) is 9.49. The van der Waals surface area contributed by atoms with Crippen LogP contribution in [-0.4, -0.2) is 22.8 Å². The Morgan fingerprint density at radius 3 is 2.55 bits per heavy atom. The van der Waals surface area contributed by atoms with E-state index in [9.17, 15) is 0 Å². The molecule has 0 amide bonds. The normalized spacial score (nSPS) is 17.5. The average molecular weight is 274 g/mol. The zero-order valence-corrected chi connectivity index (χ0v) is 11.6. The standard InChI is InChI=1S/C14H18N4O2/c1-9-17-13(14(2)19-5-6-20-14)8-18(9)10-3-4-11(15)12(16)7-10/h3-4,7-8H,5-6,15-16H2,1-2H3.